The van der Waals surface area contributed by atoms with Gasteiger partial charge in [0.2, 0.25) is 0 Å². The van der Waals surface area contributed by atoms with Crippen molar-refractivity contribution in [3.8, 4) is 5.75 Å². The van der Waals surface area contributed by atoms with Crippen LogP contribution in [0.15, 0.2) is 36.5 Å². The van der Waals surface area contributed by atoms with Crippen LogP contribution in [0.25, 0.3) is 0 Å². The molecule has 0 aliphatic carbocycles. The van der Waals surface area contributed by atoms with Crippen LogP contribution < -0.4 is 4.74 Å². The van der Waals surface area contributed by atoms with Gasteiger partial charge in [0.1, 0.15) is 11.4 Å². The summed E-state index contributed by atoms with van der Waals surface area (Å²) in [6.07, 6.45) is 1.60. The van der Waals surface area contributed by atoms with Crippen LogP contribution in [-0.2, 0) is 0 Å². The van der Waals surface area contributed by atoms with Gasteiger partial charge in [-0.25, -0.2) is 0 Å². The number of halogens is 1. The number of aromatic nitrogens is 1. The van der Waals surface area contributed by atoms with Crippen LogP contribution >= 0.6 is 11.6 Å². The first-order valence-corrected chi connectivity index (χ1v) is 8.72. The van der Waals surface area contributed by atoms with Gasteiger partial charge in [-0.3, -0.25) is 14.6 Å². The predicted octanol–water partition coefficient (Wildman–Crippen LogP) is 2.65. The Kier molecular flexibility index (Phi) is 5.42. The lowest BCUT2D eigenvalue weighted by Crippen LogP contribution is -2.50. The molecule has 0 N–H and O–H groups in total. The predicted molar refractivity (Wildman–Crippen MR) is 98.8 cm³/mol. The molecule has 1 saturated heterocycles. The van der Waals surface area contributed by atoms with Crippen molar-refractivity contribution >= 4 is 23.4 Å². The van der Waals surface area contributed by atoms with Crippen molar-refractivity contribution in [2.45, 2.75) is 6.92 Å². The average molecular weight is 374 g/mol. The smallest absolute Gasteiger partial charge is 0.272 e. The Bertz CT molecular complexity index is 818. The molecule has 7 heteroatoms. The fourth-order valence-corrected chi connectivity index (χ4v) is 3.09. The molecular formula is C19H20ClN3O3. The van der Waals surface area contributed by atoms with Gasteiger partial charge >= 0.3 is 0 Å². The Balaban J connectivity index is 1.69. The van der Waals surface area contributed by atoms with Crippen molar-refractivity contribution < 1.29 is 14.3 Å². The molecule has 136 valence electrons. The molecule has 3 rings (SSSR count). The number of carbonyl (C=O) groups excluding carboxylic acids is 2. The maximum atomic E-state index is 12.9. The number of piperazine rings is 1. The number of ether oxygens (including phenoxy) is 1. The van der Waals surface area contributed by atoms with Gasteiger partial charge in [0, 0.05) is 37.4 Å². The molecule has 1 aromatic carbocycles. The number of amides is 2. The number of hydrogen-bond donors (Lipinski definition) is 0. The van der Waals surface area contributed by atoms with E-state index >= 15 is 0 Å². The zero-order valence-electron chi connectivity index (χ0n) is 14.7. The van der Waals surface area contributed by atoms with Crippen LogP contribution in [0.4, 0.5) is 0 Å². The maximum Gasteiger partial charge on any atom is 0.272 e. The standard InChI is InChI=1S/C19H20ClN3O3/c1-13-11-17(26-2)14(12-15(13)20)18(24)22-7-9-23(10-8-22)19(25)16-5-3-4-6-21-16/h3-6,11-12H,7-10H2,1-2H3. The number of pyridine rings is 1. The number of nitrogens with zero attached hydrogens (tertiary/aromatic N) is 3. The summed E-state index contributed by atoms with van der Waals surface area (Å²) in [6, 6.07) is 8.65. The molecule has 0 saturated carbocycles. The van der Waals surface area contributed by atoms with E-state index in [1.54, 1.807) is 46.3 Å². The average Bonchev–Trinajstić information content (AvgIpc) is 2.69. The third-order valence-electron chi connectivity index (χ3n) is 4.45. The van der Waals surface area contributed by atoms with Gasteiger partial charge in [-0.15, -0.1) is 0 Å². The van der Waals surface area contributed by atoms with Crippen molar-refractivity contribution in [2.24, 2.45) is 0 Å². The van der Waals surface area contributed by atoms with E-state index in [0.717, 1.165) is 5.56 Å². The number of carbonyl (C=O) groups is 2. The molecule has 1 aromatic heterocycles. The molecule has 6 nitrogen and oxygen atoms in total. The van der Waals surface area contributed by atoms with Gasteiger partial charge in [-0.2, -0.15) is 0 Å². The van der Waals surface area contributed by atoms with Crippen LogP contribution in [0.5, 0.6) is 5.75 Å². The Morgan fingerprint density at radius 3 is 2.31 bits per heavy atom. The molecule has 0 spiro atoms. The number of hydrogen-bond acceptors (Lipinski definition) is 4. The van der Waals surface area contributed by atoms with Crippen LogP contribution in [0.2, 0.25) is 5.02 Å². The Morgan fingerprint density at radius 1 is 1.08 bits per heavy atom. The number of rotatable bonds is 3. The molecule has 2 heterocycles. The van der Waals surface area contributed by atoms with Crippen LogP contribution in [0.1, 0.15) is 26.4 Å². The minimum atomic E-state index is -0.145. The first-order chi connectivity index (χ1) is 12.5. The van der Waals surface area contributed by atoms with Crippen molar-refractivity contribution in [2.75, 3.05) is 33.3 Å². The van der Waals surface area contributed by atoms with E-state index < -0.39 is 0 Å². The third kappa shape index (κ3) is 3.65. The number of aryl methyl sites for hydroxylation is 1. The summed E-state index contributed by atoms with van der Waals surface area (Å²) in [7, 11) is 1.53. The Labute approximate surface area is 157 Å². The highest BCUT2D eigenvalue weighted by molar-refractivity contribution is 6.31. The van der Waals surface area contributed by atoms with E-state index in [2.05, 4.69) is 4.98 Å². The molecular weight excluding hydrogens is 354 g/mol. The summed E-state index contributed by atoms with van der Waals surface area (Å²) >= 11 is 6.17. The second-order valence-corrected chi connectivity index (χ2v) is 6.51. The van der Waals surface area contributed by atoms with Gasteiger partial charge in [0.05, 0.1) is 12.7 Å². The van der Waals surface area contributed by atoms with E-state index in [1.807, 2.05) is 6.92 Å². The van der Waals surface area contributed by atoms with Crippen LogP contribution in [0.3, 0.4) is 0 Å². The van der Waals surface area contributed by atoms with Crippen LogP contribution in [0, 0.1) is 6.92 Å². The second kappa shape index (κ2) is 7.74. The molecule has 1 aliphatic rings. The van der Waals surface area contributed by atoms with Crippen molar-refractivity contribution in [1.29, 1.82) is 0 Å². The molecule has 2 amide bonds. The summed E-state index contributed by atoms with van der Waals surface area (Å²) < 4.78 is 5.33. The van der Waals surface area contributed by atoms with Gasteiger partial charge in [-0.1, -0.05) is 17.7 Å². The molecule has 26 heavy (non-hydrogen) atoms. The van der Waals surface area contributed by atoms with Gasteiger partial charge in [0.15, 0.2) is 0 Å². The summed E-state index contributed by atoms with van der Waals surface area (Å²) in [5.74, 6) is 0.242. The van der Waals surface area contributed by atoms with Crippen molar-refractivity contribution in [3.63, 3.8) is 0 Å². The highest BCUT2D eigenvalue weighted by Gasteiger charge is 2.27. The fraction of sp³-hybridized carbons (Fsp3) is 0.316. The normalized spacial score (nSPS) is 14.3. The van der Waals surface area contributed by atoms with Gasteiger partial charge in [0.25, 0.3) is 11.8 Å². The minimum Gasteiger partial charge on any atom is -0.496 e. The van der Waals surface area contributed by atoms with Gasteiger partial charge < -0.3 is 14.5 Å². The van der Waals surface area contributed by atoms with Gasteiger partial charge in [-0.05, 0) is 36.8 Å². The number of benzene rings is 1. The molecule has 0 radical (unpaired) electrons. The fourth-order valence-electron chi connectivity index (χ4n) is 2.93. The van der Waals surface area contributed by atoms with E-state index in [1.165, 1.54) is 7.11 Å². The molecule has 1 fully saturated rings. The largest absolute Gasteiger partial charge is 0.496 e. The Hall–Kier alpha value is -2.60. The lowest BCUT2D eigenvalue weighted by atomic mass is 10.1. The van der Waals surface area contributed by atoms with E-state index in [0.29, 0.717) is 48.2 Å². The first kappa shape index (κ1) is 18.2. The van der Waals surface area contributed by atoms with Crippen LogP contribution in [-0.4, -0.2) is 59.9 Å². The van der Waals surface area contributed by atoms with E-state index in [9.17, 15) is 9.59 Å². The van der Waals surface area contributed by atoms with E-state index in [-0.39, 0.29) is 11.8 Å². The quantitative estimate of drug-likeness (QED) is 0.829. The van der Waals surface area contributed by atoms with Crippen molar-refractivity contribution in [3.05, 3.63) is 58.4 Å². The molecule has 1 aliphatic heterocycles. The zero-order valence-corrected chi connectivity index (χ0v) is 15.5. The molecule has 0 bridgehead atoms. The molecule has 0 atom stereocenters. The Morgan fingerprint density at radius 2 is 1.73 bits per heavy atom. The molecule has 2 aromatic rings. The topological polar surface area (TPSA) is 62.7 Å². The number of methoxy groups -OCH3 is 1. The SMILES string of the molecule is COc1cc(C)c(Cl)cc1C(=O)N1CCN(C(=O)c2ccccn2)CC1. The maximum absolute atomic E-state index is 12.9. The van der Waals surface area contributed by atoms with E-state index in [4.69, 9.17) is 16.3 Å². The summed E-state index contributed by atoms with van der Waals surface area (Å²) in [5.41, 5.74) is 1.71. The lowest BCUT2D eigenvalue weighted by molar-refractivity contribution is 0.0530. The third-order valence-corrected chi connectivity index (χ3v) is 4.86. The van der Waals surface area contributed by atoms with Crippen molar-refractivity contribution in [1.82, 2.24) is 14.8 Å². The minimum absolute atomic E-state index is 0.117. The highest BCUT2D eigenvalue weighted by atomic mass is 35.5. The summed E-state index contributed by atoms with van der Waals surface area (Å²) in [4.78, 5) is 32.8. The zero-order chi connectivity index (χ0) is 18.7. The summed E-state index contributed by atoms with van der Waals surface area (Å²) in [5, 5.41) is 0.526. The lowest BCUT2D eigenvalue weighted by Gasteiger charge is -2.34. The second-order valence-electron chi connectivity index (χ2n) is 6.10. The summed E-state index contributed by atoms with van der Waals surface area (Å²) in [6.45, 7) is 3.69. The molecule has 0 unspecified atom stereocenters. The monoisotopic (exact) mass is 373 g/mol. The first-order valence-electron chi connectivity index (χ1n) is 8.35. The highest BCUT2D eigenvalue weighted by Crippen LogP contribution is 2.28.